The SMILES string of the molecule is CCOC(=O)C1=C(C)N=c2s/c(=C\c3ccc(Oc4ccc([N+](=O)[O-])cc4[N+](=O)[O-])cc3)c(=O)n2[C@@H]1c1ccc(SC)cc1. The van der Waals surface area contributed by atoms with Crippen LogP contribution in [0, 0.1) is 20.2 Å². The van der Waals surface area contributed by atoms with E-state index in [1.54, 1.807) is 56.0 Å². The maximum Gasteiger partial charge on any atom is 0.338 e. The summed E-state index contributed by atoms with van der Waals surface area (Å²) in [6.07, 6.45) is 3.64. The molecule has 0 saturated heterocycles. The molecule has 44 heavy (non-hydrogen) atoms. The molecule has 0 aliphatic carbocycles. The summed E-state index contributed by atoms with van der Waals surface area (Å²) in [7, 11) is 0. The lowest BCUT2D eigenvalue weighted by Crippen LogP contribution is -2.39. The maximum atomic E-state index is 13.8. The fraction of sp³-hybridized carbons (Fsp3) is 0.167. The van der Waals surface area contributed by atoms with Crippen molar-refractivity contribution in [2.45, 2.75) is 24.8 Å². The zero-order valence-electron chi connectivity index (χ0n) is 23.6. The molecule has 0 spiro atoms. The van der Waals surface area contributed by atoms with Crippen molar-refractivity contribution in [2.24, 2.45) is 4.99 Å². The van der Waals surface area contributed by atoms with Gasteiger partial charge in [-0.3, -0.25) is 29.6 Å². The molecule has 1 aromatic heterocycles. The number of fused-ring (bicyclic) bond motifs is 1. The fourth-order valence-corrected chi connectivity index (χ4v) is 6.11. The number of esters is 1. The van der Waals surface area contributed by atoms with Crippen molar-refractivity contribution in [1.29, 1.82) is 0 Å². The van der Waals surface area contributed by atoms with Gasteiger partial charge in [-0.25, -0.2) is 9.79 Å². The van der Waals surface area contributed by atoms with Crippen LogP contribution in [0.25, 0.3) is 6.08 Å². The van der Waals surface area contributed by atoms with Gasteiger partial charge in [-0.1, -0.05) is 35.6 Å². The Morgan fingerprint density at radius 3 is 2.39 bits per heavy atom. The normalized spacial score (nSPS) is 14.5. The number of benzene rings is 3. The van der Waals surface area contributed by atoms with E-state index in [9.17, 15) is 29.8 Å². The Morgan fingerprint density at radius 2 is 1.77 bits per heavy atom. The van der Waals surface area contributed by atoms with Gasteiger partial charge in [0.2, 0.25) is 5.75 Å². The van der Waals surface area contributed by atoms with E-state index in [4.69, 9.17) is 9.47 Å². The number of aromatic nitrogens is 1. The largest absolute Gasteiger partial charge is 0.463 e. The molecule has 2 heterocycles. The van der Waals surface area contributed by atoms with Gasteiger partial charge in [0.1, 0.15) is 5.75 Å². The molecular weight excluding hydrogens is 608 g/mol. The second kappa shape index (κ2) is 12.7. The molecule has 14 heteroatoms. The molecule has 0 N–H and O–H groups in total. The monoisotopic (exact) mass is 632 g/mol. The van der Waals surface area contributed by atoms with Crippen LogP contribution in [0.4, 0.5) is 11.4 Å². The van der Waals surface area contributed by atoms with Gasteiger partial charge in [0.15, 0.2) is 4.80 Å². The topological polar surface area (TPSA) is 156 Å². The van der Waals surface area contributed by atoms with Crippen LogP contribution in [0.5, 0.6) is 11.5 Å². The summed E-state index contributed by atoms with van der Waals surface area (Å²) >= 11 is 2.77. The molecular formula is C30H24N4O8S2. The van der Waals surface area contributed by atoms with Crippen LogP contribution in [0.1, 0.15) is 31.0 Å². The number of nitro groups is 2. The summed E-state index contributed by atoms with van der Waals surface area (Å²) in [5.74, 6) is -0.435. The lowest BCUT2D eigenvalue weighted by molar-refractivity contribution is -0.394. The highest BCUT2D eigenvalue weighted by atomic mass is 32.2. The van der Waals surface area contributed by atoms with Crippen LogP contribution >= 0.6 is 23.1 Å². The van der Waals surface area contributed by atoms with E-state index in [-0.39, 0.29) is 23.7 Å². The number of carbonyl (C=O) groups excluding carboxylic acids is 1. The molecule has 0 amide bonds. The third-order valence-corrected chi connectivity index (χ3v) is 8.43. The molecule has 224 valence electrons. The van der Waals surface area contributed by atoms with Crippen LogP contribution in [0.15, 0.2) is 92.7 Å². The van der Waals surface area contributed by atoms with Crippen LogP contribution in [0.2, 0.25) is 0 Å². The first-order chi connectivity index (χ1) is 21.1. The average molecular weight is 633 g/mol. The van der Waals surface area contributed by atoms with E-state index in [1.807, 2.05) is 30.5 Å². The number of hydrogen-bond acceptors (Lipinski definition) is 11. The number of ether oxygens (including phenoxy) is 2. The Morgan fingerprint density at radius 1 is 1.07 bits per heavy atom. The fourth-order valence-electron chi connectivity index (χ4n) is 4.65. The van der Waals surface area contributed by atoms with Crippen LogP contribution in [-0.4, -0.2) is 33.2 Å². The molecule has 12 nitrogen and oxygen atoms in total. The standard InChI is InChI=1S/C30H24N4O8S2/c1-4-41-29(36)26-17(2)31-30-32(27(26)19-7-12-22(43-3)13-8-19)28(35)25(44-30)15-18-5-10-21(11-6-18)42-24-14-9-20(33(37)38)16-23(24)34(39)40/h5-16,27H,4H2,1-3H3/b25-15-/t27-/m1/s1. The molecule has 0 saturated carbocycles. The Labute approximate surface area is 257 Å². The summed E-state index contributed by atoms with van der Waals surface area (Å²) < 4.78 is 12.9. The van der Waals surface area contributed by atoms with Crippen molar-refractivity contribution in [3.05, 3.63) is 129 Å². The molecule has 3 aromatic carbocycles. The summed E-state index contributed by atoms with van der Waals surface area (Å²) in [6, 6.07) is 16.5. The van der Waals surface area contributed by atoms with Gasteiger partial charge in [0.25, 0.3) is 11.2 Å². The van der Waals surface area contributed by atoms with E-state index in [2.05, 4.69) is 4.99 Å². The van der Waals surface area contributed by atoms with E-state index >= 15 is 0 Å². The minimum Gasteiger partial charge on any atom is -0.463 e. The van der Waals surface area contributed by atoms with Crippen molar-refractivity contribution >= 4 is 46.5 Å². The zero-order valence-corrected chi connectivity index (χ0v) is 25.2. The summed E-state index contributed by atoms with van der Waals surface area (Å²) in [6.45, 7) is 3.62. The number of rotatable bonds is 9. The Kier molecular flexibility index (Phi) is 8.73. The van der Waals surface area contributed by atoms with Gasteiger partial charge in [0, 0.05) is 11.0 Å². The molecule has 0 bridgehead atoms. The molecule has 1 atom stereocenters. The second-order valence-electron chi connectivity index (χ2n) is 9.41. The Bertz CT molecular complexity index is 2000. The van der Waals surface area contributed by atoms with Gasteiger partial charge < -0.3 is 9.47 Å². The van der Waals surface area contributed by atoms with Crippen LogP contribution in [-0.2, 0) is 9.53 Å². The quantitative estimate of drug-likeness (QED) is 0.106. The van der Waals surface area contributed by atoms with Gasteiger partial charge in [-0.2, -0.15) is 0 Å². The van der Waals surface area contributed by atoms with Gasteiger partial charge in [-0.05, 0) is 67.6 Å². The maximum absolute atomic E-state index is 13.8. The highest BCUT2D eigenvalue weighted by Gasteiger charge is 2.33. The first-order valence-corrected chi connectivity index (χ1v) is 15.2. The highest BCUT2D eigenvalue weighted by Crippen LogP contribution is 2.35. The number of non-ortho nitro benzene ring substituents is 1. The van der Waals surface area contributed by atoms with E-state index < -0.39 is 33.2 Å². The summed E-state index contributed by atoms with van der Waals surface area (Å²) in [5.41, 5.74) is 0.854. The van der Waals surface area contributed by atoms with Crippen LogP contribution in [0.3, 0.4) is 0 Å². The average Bonchev–Trinajstić information content (AvgIpc) is 3.31. The summed E-state index contributed by atoms with van der Waals surface area (Å²) in [5, 5.41) is 22.5. The third-order valence-electron chi connectivity index (χ3n) is 6.70. The number of thioether (sulfide) groups is 1. The molecule has 4 aromatic rings. The third kappa shape index (κ3) is 6.02. The zero-order chi connectivity index (χ0) is 31.5. The summed E-state index contributed by atoms with van der Waals surface area (Å²) in [4.78, 5) is 53.9. The van der Waals surface area contributed by atoms with E-state index in [0.717, 1.165) is 22.6 Å². The lowest BCUT2D eigenvalue weighted by Gasteiger charge is -2.24. The first kappa shape index (κ1) is 30.4. The van der Waals surface area contributed by atoms with Gasteiger partial charge in [-0.15, -0.1) is 11.8 Å². The minimum absolute atomic E-state index is 0.153. The Balaban J connectivity index is 1.51. The molecule has 0 radical (unpaired) electrons. The predicted molar refractivity (Wildman–Crippen MR) is 165 cm³/mol. The van der Waals surface area contributed by atoms with Gasteiger partial charge in [0.05, 0.1) is 44.4 Å². The molecule has 5 rings (SSSR count). The van der Waals surface area contributed by atoms with Crippen molar-refractivity contribution < 1.29 is 24.1 Å². The lowest BCUT2D eigenvalue weighted by atomic mass is 9.96. The van der Waals surface area contributed by atoms with Crippen molar-refractivity contribution in [3.63, 3.8) is 0 Å². The Hall–Kier alpha value is -5.08. The number of carbonyl (C=O) groups is 1. The molecule has 1 aliphatic heterocycles. The molecule has 1 aliphatic rings. The van der Waals surface area contributed by atoms with Crippen molar-refractivity contribution in [1.82, 2.24) is 4.57 Å². The molecule has 0 unspecified atom stereocenters. The number of nitrogens with zero attached hydrogens (tertiary/aromatic N) is 4. The predicted octanol–water partition coefficient (Wildman–Crippen LogP) is 5.13. The number of hydrogen-bond donors (Lipinski definition) is 0. The number of allylic oxidation sites excluding steroid dienone is 1. The number of thiazole rings is 1. The molecule has 0 fully saturated rings. The van der Waals surface area contributed by atoms with Crippen molar-refractivity contribution in [3.8, 4) is 11.5 Å². The number of nitro benzene ring substituents is 2. The van der Waals surface area contributed by atoms with E-state index in [1.165, 1.54) is 22.0 Å². The minimum atomic E-state index is -0.754. The van der Waals surface area contributed by atoms with Crippen LogP contribution < -0.4 is 19.6 Å². The smallest absolute Gasteiger partial charge is 0.338 e. The second-order valence-corrected chi connectivity index (χ2v) is 11.3. The highest BCUT2D eigenvalue weighted by molar-refractivity contribution is 7.98. The first-order valence-electron chi connectivity index (χ1n) is 13.2. The van der Waals surface area contributed by atoms with E-state index in [0.29, 0.717) is 26.2 Å². The van der Waals surface area contributed by atoms with Gasteiger partial charge >= 0.3 is 11.7 Å². The van der Waals surface area contributed by atoms with Crippen molar-refractivity contribution in [2.75, 3.05) is 12.9 Å².